The van der Waals surface area contributed by atoms with Gasteiger partial charge in [-0.05, 0) is 75.7 Å². The van der Waals surface area contributed by atoms with E-state index in [2.05, 4.69) is 23.6 Å². The van der Waals surface area contributed by atoms with Crippen LogP contribution in [0.2, 0.25) is 0 Å². The Labute approximate surface area is 152 Å². The molecule has 1 aliphatic heterocycles. The first-order valence-electron chi connectivity index (χ1n) is 8.91. The van der Waals surface area contributed by atoms with Crippen LogP contribution in [0.3, 0.4) is 0 Å². The molecule has 0 aromatic heterocycles. The van der Waals surface area contributed by atoms with Crippen LogP contribution in [0, 0.1) is 12.8 Å². The van der Waals surface area contributed by atoms with Crippen molar-refractivity contribution in [3.63, 3.8) is 0 Å². The molecule has 1 atom stereocenters. The van der Waals surface area contributed by atoms with Crippen molar-refractivity contribution in [2.45, 2.75) is 45.4 Å². The van der Waals surface area contributed by atoms with Gasteiger partial charge in [0, 0.05) is 13.0 Å². The van der Waals surface area contributed by atoms with Crippen LogP contribution in [0.15, 0.2) is 24.3 Å². The third kappa shape index (κ3) is 8.55. The van der Waals surface area contributed by atoms with E-state index < -0.39 is 0 Å². The SMILES string of the molecule is Cc1cccc(OCCCCC(=O)NCCC2CCCNC2)c1.Cl. The fourth-order valence-electron chi connectivity index (χ4n) is 2.96. The van der Waals surface area contributed by atoms with E-state index in [9.17, 15) is 4.79 Å². The number of carbonyl (C=O) groups excluding carboxylic acids is 1. The predicted octanol–water partition coefficient (Wildman–Crippen LogP) is 3.47. The number of nitrogens with one attached hydrogen (secondary N) is 2. The number of ether oxygens (including phenoxy) is 1. The van der Waals surface area contributed by atoms with Crippen molar-refractivity contribution < 1.29 is 9.53 Å². The predicted molar refractivity (Wildman–Crippen MR) is 101 cm³/mol. The van der Waals surface area contributed by atoms with Gasteiger partial charge in [0.15, 0.2) is 0 Å². The molecule has 5 heteroatoms. The molecule has 0 aliphatic carbocycles. The molecular weight excluding hydrogens is 324 g/mol. The molecular formula is C19H31ClN2O2. The van der Waals surface area contributed by atoms with Crippen LogP contribution in [-0.4, -0.2) is 32.1 Å². The summed E-state index contributed by atoms with van der Waals surface area (Å²) in [6.07, 6.45) is 6.03. The van der Waals surface area contributed by atoms with Crippen LogP contribution in [0.4, 0.5) is 0 Å². The van der Waals surface area contributed by atoms with E-state index in [4.69, 9.17) is 4.74 Å². The summed E-state index contributed by atoms with van der Waals surface area (Å²) < 4.78 is 5.69. The molecule has 1 amide bonds. The topological polar surface area (TPSA) is 50.4 Å². The third-order valence-electron chi connectivity index (χ3n) is 4.33. The van der Waals surface area contributed by atoms with E-state index in [1.54, 1.807) is 0 Å². The molecule has 2 rings (SSSR count). The maximum atomic E-state index is 11.8. The van der Waals surface area contributed by atoms with Crippen LogP contribution >= 0.6 is 12.4 Å². The second kappa shape index (κ2) is 12.2. The lowest BCUT2D eigenvalue weighted by molar-refractivity contribution is -0.121. The van der Waals surface area contributed by atoms with Crippen LogP contribution < -0.4 is 15.4 Å². The zero-order chi connectivity index (χ0) is 16.3. The number of aryl methyl sites for hydroxylation is 1. The fourth-order valence-corrected chi connectivity index (χ4v) is 2.96. The van der Waals surface area contributed by atoms with Crippen molar-refractivity contribution in [2.75, 3.05) is 26.2 Å². The van der Waals surface area contributed by atoms with E-state index in [0.717, 1.165) is 50.6 Å². The molecule has 1 heterocycles. The molecule has 1 aromatic rings. The van der Waals surface area contributed by atoms with Gasteiger partial charge in [0.25, 0.3) is 0 Å². The largest absolute Gasteiger partial charge is 0.494 e. The third-order valence-corrected chi connectivity index (χ3v) is 4.33. The van der Waals surface area contributed by atoms with Gasteiger partial charge < -0.3 is 15.4 Å². The Bertz CT molecular complexity index is 476. The van der Waals surface area contributed by atoms with Gasteiger partial charge in [-0.15, -0.1) is 12.4 Å². The minimum atomic E-state index is 0. The van der Waals surface area contributed by atoms with Crippen LogP contribution in [0.5, 0.6) is 5.75 Å². The van der Waals surface area contributed by atoms with Gasteiger partial charge in [0.1, 0.15) is 5.75 Å². The Hall–Kier alpha value is -1.26. The molecule has 136 valence electrons. The zero-order valence-electron chi connectivity index (χ0n) is 14.7. The number of unbranched alkanes of at least 4 members (excludes halogenated alkanes) is 1. The standard InChI is InChI=1S/C19H30N2O2.ClH/c1-16-6-4-8-18(14-16)23-13-3-2-9-19(22)21-12-10-17-7-5-11-20-15-17;/h4,6,8,14,17,20H,2-3,5,7,9-13,15H2,1H3,(H,21,22);1H. The van der Waals surface area contributed by atoms with Gasteiger partial charge in [-0.2, -0.15) is 0 Å². The van der Waals surface area contributed by atoms with Crippen LogP contribution in [-0.2, 0) is 4.79 Å². The number of piperidine rings is 1. The van der Waals surface area contributed by atoms with Gasteiger partial charge in [-0.3, -0.25) is 4.79 Å². The summed E-state index contributed by atoms with van der Waals surface area (Å²) in [6.45, 7) is 5.79. The Balaban J connectivity index is 0.00000288. The average Bonchev–Trinajstić information content (AvgIpc) is 2.55. The number of amides is 1. The molecule has 1 unspecified atom stereocenters. The van der Waals surface area contributed by atoms with Crippen molar-refractivity contribution in [1.29, 1.82) is 0 Å². The highest BCUT2D eigenvalue weighted by molar-refractivity contribution is 5.85. The average molecular weight is 355 g/mol. The van der Waals surface area contributed by atoms with E-state index in [-0.39, 0.29) is 18.3 Å². The molecule has 0 bridgehead atoms. The van der Waals surface area contributed by atoms with Crippen molar-refractivity contribution >= 4 is 18.3 Å². The summed E-state index contributed by atoms with van der Waals surface area (Å²) in [6, 6.07) is 8.06. The number of benzene rings is 1. The van der Waals surface area contributed by atoms with E-state index >= 15 is 0 Å². The molecule has 4 nitrogen and oxygen atoms in total. The maximum absolute atomic E-state index is 11.8. The first-order valence-corrected chi connectivity index (χ1v) is 8.91. The molecule has 1 aromatic carbocycles. The first kappa shape index (κ1) is 20.8. The van der Waals surface area contributed by atoms with Gasteiger partial charge in [-0.25, -0.2) is 0 Å². The highest BCUT2D eigenvalue weighted by Crippen LogP contribution is 2.14. The quantitative estimate of drug-likeness (QED) is 0.667. The lowest BCUT2D eigenvalue weighted by atomic mass is 9.96. The lowest BCUT2D eigenvalue weighted by Crippen LogP contribution is -2.33. The number of carbonyl (C=O) groups is 1. The van der Waals surface area contributed by atoms with Crippen LogP contribution in [0.1, 0.15) is 44.1 Å². The normalized spacial score (nSPS) is 17.0. The monoisotopic (exact) mass is 354 g/mol. The minimum Gasteiger partial charge on any atom is -0.494 e. The van der Waals surface area contributed by atoms with Crippen molar-refractivity contribution in [3.05, 3.63) is 29.8 Å². The number of rotatable bonds is 9. The highest BCUT2D eigenvalue weighted by Gasteiger charge is 2.12. The number of hydrogen-bond acceptors (Lipinski definition) is 3. The second-order valence-corrected chi connectivity index (χ2v) is 6.47. The molecule has 24 heavy (non-hydrogen) atoms. The molecule has 1 aliphatic rings. The zero-order valence-corrected chi connectivity index (χ0v) is 15.5. The van der Waals surface area contributed by atoms with Gasteiger partial charge in [0.05, 0.1) is 6.61 Å². The van der Waals surface area contributed by atoms with E-state index in [0.29, 0.717) is 13.0 Å². The summed E-state index contributed by atoms with van der Waals surface area (Å²) in [4.78, 5) is 11.8. The minimum absolute atomic E-state index is 0. The smallest absolute Gasteiger partial charge is 0.219 e. The molecule has 1 fully saturated rings. The summed E-state index contributed by atoms with van der Waals surface area (Å²) in [5, 5.41) is 6.45. The Kier molecular flexibility index (Phi) is 10.5. The summed E-state index contributed by atoms with van der Waals surface area (Å²) in [5.74, 6) is 1.81. The summed E-state index contributed by atoms with van der Waals surface area (Å²) >= 11 is 0. The molecule has 1 saturated heterocycles. The summed E-state index contributed by atoms with van der Waals surface area (Å²) in [7, 11) is 0. The first-order chi connectivity index (χ1) is 11.2. The van der Waals surface area contributed by atoms with Crippen LogP contribution in [0.25, 0.3) is 0 Å². The van der Waals surface area contributed by atoms with Crippen molar-refractivity contribution in [2.24, 2.45) is 5.92 Å². The Morgan fingerprint density at radius 3 is 3.00 bits per heavy atom. The van der Waals surface area contributed by atoms with E-state index in [1.807, 2.05) is 18.2 Å². The molecule has 0 spiro atoms. The van der Waals surface area contributed by atoms with Gasteiger partial charge in [0.2, 0.25) is 5.91 Å². The maximum Gasteiger partial charge on any atom is 0.219 e. The molecule has 2 N–H and O–H groups in total. The molecule has 0 radical (unpaired) electrons. The Morgan fingerprint density at radius 1 is 1.38 bits per heavy atom. The van der Waals surface area contributed by atoms with Crippen molar-refractivity contribution in [1.82, 2.24) is 10.6 Å². The molecule has 0 saturated carbocycles. The highest BCUT2D eigenvalue weighted by atomic mass is 35.5. The van der Waals surface area contributed by atoms with E-state index in [1.165, 1.54) is 18.4 Å². The number of hydrogen-bond donors (Lipinski definition) is 2. The van der Waals surface area contributed by atoms with Gasteiger partial charge in [-0.1, -0.05) is 12.1 Å². The fraction of sp³-hybridized carbons (Fsp3) is 0.632. The number of halogens is 1. The Morgan fingerprint density at radius 2 is 2.25 bits per heavy atom. The second-order valence-electron chi connectivity index (χ2n) is 6.47. The summed E-state index contributed by atoms with van der Waals surface area (Å²) in [5.41, 5.74) is 1.20. The van der Waals surface area contributed by atoms with Crippen molar-refractivity contribution in [3.8, 4) is 5.75 Å². The lowest BCUT2D eigenvalue weighted by Gasteiger charge is -2.22. The van der Waals surface area contributed by atoms with Gasteiger partial charge >= 0.3 is 0 Å².